The Morgan fingerprint density at radius 3 is 1.71 bits per heavy atom. The lowest BCUT2D eigenvalue weighted by molar-refractivity contribution is -0.131. The molecule has 0 spiro atoms. The highest BCUT2D eigenvalue weighted by molar-refractivity contribution is 7.80. The van der Waals surface area contributed by atoms with Crippen molar-refractivity contribution in [3.05, 3.63) is 108 Å². The lowest BCUT2D eigenvalue weighted by Gasteiger charge is -2.16. The van der Waals surface area contributed by atoms with Gasteiger partial charge in [-0.1, -0.05) is 78.9 Å². The van der Waals surface area contributed by atoms with E-state index in [4.69, 9.17) is 9.71 Å². The van der Waals surface area contributed by atoms with Crippen LogP contribution in [0.5, 0.6) is 0 Å². The van der Waals surface area contributed by atoms with Gasteiger partial charge in [-0.15, -0.1) is 0 Å². The number of hydrogen-bond acceptors (Lipinski definition) is 4. The average Bonchev–Trinajstić information content (AvgIpc) is 2.98. The predicted molar refractivity (Wildman–Crippen MR) is 149 cm³/mol. The van der Waals surface area contributed by atoms with E-state index in [0.29, 0.717) is 18.0 Å². The monoisotopic (exact) mass is 534 g/mol. The largest absolute Gasteiger partial charge is 0.361 e. The van der Waals surface area contributed by atoms with E-state index in [1.165, 1.54) is 18.1 Å². The molecule has 0 saturated heterocycles. The lowest BCUT2D eigenvalue weighted by Crippen LogP contribution is -2.33. The summed E-state index contributed by atoms with van der Waals surface area (Å²) in [4.78, 5) is 30.1. The van der Waals surface area contributed by atoms with Gasteiger partial charge in [-0.3, -0.25) is 13.8 Å². The number of rotatable bonds is 11. The first kappa shape index (κ1) is 30.3. The van der Waals surface area contributed by atoms with E-state index in [0.717, 1.165) is 12.8 Å². The predicted octanol–water partition coefficient (Wildman–Crippen LogP) is 3.81. The molecule has 0 saturated carbocycles. The van der Waals surface area contributed by atoms with Crippen molar-refractivity contribution >= 4 is 28.6 Å². The molecule has 9 heteroatoms. The fourth-order valence-corrected chi connectivity index (χ4v) is 3.97. The summed E-state index contributed by atoms with van der Waals surface area (Å²) in [5, 5.41) is 0. The van der Waals surface area contributed by atoms with Crippen LogP contribution in [0, 0.1) is 0 Å². The Balaban J connectivity index is 0.000000281. The average molecular weight is 535 g/mol. The van der Waals surface area contributed by atoms with Gasteiger partial charge in [0.05, 0.1) is 4.90 Å². The zero-order valence-corrected chi connectivity index (χ0v) is 22.8. The van der Waals surface area contributed by atoms with Gasteiger partial charge in [-0.05, 0) is 36.1 Å². The fraction of sp³-hybridized carbons (Fsp3) is 0.276. The van der Waals surface area contributed by atoms with Crippen LogP contribution in [0.25, 0.3) is 5.53 Å². The topological polar surface area (TPSA) is 103 Å². The van der Waals surface area contributed by atoms with Gasteiger partial charge in [0.15, 0.2) is 11.1 Å². The van der Waals surface area contributed by atoms with Crippen LogP contribution in [0.15, 0.2) is 95.9 Å². The molecule has 200 valence electrons. The van der Waals surface area contributed by atoms with E-state index in [9.17, 15) is 13.8 Å². The number of benzene rings is 3. The molecule has 0 radical (unpaired) electrons. The highest BCUT2D eigenvalue weighted by Crippen LogP contribution is 2.07. The molecule has 8 nitrogen and oxygen atoms in total. The van der Waals surface area contributed by atoms with Crippen LogP contribution in [-0.4, -0.2) is 70.1 Å². The SMILES string of the molecule is CC(=[N+]=[N-])C(=O)N(C)CCc1ccccc1.CN(CCc1ccccc1)C(=O)COS(=O)c1ccccc1. The number of nitrogens with zero attached hydrogens (tertiary/aromatic N) is 4. The second-order valence-electron chi connectivity index (χ2n) is 8.51. The van der Waals surface area contributed by atoms with E-state index >= 15 is 0 Å². The maximum Gasteiger partial charge on any atom is 0.352 e. The second kappa shape index (κ2) is 16.8. The minimum absolute atomic E-state index is 0.107. The highest BCUT2D eigenvalue weighted by Gasteiger charge is 2.18. The molecule has 0 heterocycles. The quantitative estimate of drug-likeness (QED) is 0.212. The third kappa shape index (κ3) is 11.0. The molecule has 0 fully saturated rings. The Morgan fingerprint density at radius 1 is 0.789 bits per heavy atom. The summed E-state index contributed by atoms with van der Waals surface area (Å²) in [5.41, 5.74) is 10.9. The molecule has 0 aliphatic heterocycles. The molecule has 3 aromatic rings. The lowest BCUT2D eigenvalue weighted by atomic mass is 10.1. The van der Waals surface area contributed by atoms with Gasteiger partial charge in [0.2, 0.25) is 5.91 Å². The van der Waals surface area contributed by atoms with Gasteiger partial charge < -0.3 is 15.3 Å². The Morgan fingerprint density at radius 2 is 1.24 bits per heavy atom. The molecule has 3 aromatic carbocycles. The van der Waals surface area contributed by atoms with Gasteiger partial charge >= 0.3 is 11.6 Å². The Labute approximate surface area is 227 Å². The number of carbonyl (C=O) groups is 2. The molecule has 0 N–H and O–H groups in total. The molecule has 1 atom stereocenters. The van der Waals surface area contributed by atoms with Crippen molar-refractivity contribution in [2.75, 3.05) is 33.8 Å². The molecule has 0 aliphatic rings. The van der Waals surface area contributed by atoms with Crippen LogP contribution >= 0.6 is 0 Å². The van der Waals surface area contributed by atoms with E-state index in [-0.39, 0.29) is 24.1 Å². The molecule has 1 unspecified atom stereocenters. The van der Waals surface area contributed by atoms with Crippen LogP contribution in [-0.2, 0) is 37.7 Å². The molecular formula is C29H34N4O4S. The van der Waals surface area contributed by atoms with E-state index < -0.39 is 11.1 Å². The number of carbonyl (C=O) groups excluding carboxylic acids is 2. The van der Waals surface area contributed by atoms with E-state index in [2.05, 4.69) is 4.79 Å². The van der Waals surface area contributed by atoms with Gasteiger partial charge in [-0.25, -0.2) is 4.21 Å². The van der Waals surface area contributed by atoms with E-state index in [1.807, 2.05) is 66.7 Å². The Hall–Kier alpha value is -3.91. The smallest absolute Gasteiger partial charge is 0.352 e. The van der Waals surface area contributed by atoms with Gasteiger partial charge in [-0.2, -0.15) is 4.79 Å². The standard InChI is InChI=1S/C17H19NO3S.C12H15N3O/c1-18(13-12-15-8-4-2-5-9-15)17(19)14-21-22(20)16-10-6-3-7-11-16;1-10(14-13)12(16)15(2)9-8-11-6-4-3-5-7-11/h2-11H,12-14H2,1H3;3-7H,8-9H2,1-2H3. The third-order valence-corrected chi connectivity index (χ3v) is 6.60. The van der Waals surface area contributed by atoms with Crippen LogP contribution in [0.2, 0.25) is 0 Å². The van der Waals surface area contributed by atoms with Gasteiger partial charge in [0.1, 0.15) is 6.61 Å². The summed E-state index contributed by atoms with van der Waals surface area (Å²) in [5.74, 6) is -0.432. The normalized spacial score (nSPS) is 10.8. The molecule has 0 aliphatic carbocycles. The van der Waals surface area contributed by atoms with Crippen molar-refractivity contribution in [3.63, 3.8) is 0 Å². The van der Waals surface area contributed by atoms with Crippen LogP contribution in [0.4, 0.5) is 0 Å². The Kier molecular flexibility index (Phi) is 13.4. The first-order valence-electron chi connectivity index (χ1n) is 12.2. The second-order valence-corrected chi connectivity index (χ2v) is 9.69. The van der Waals surface area contributed by atoms with Crippen molar-refractivity contribution in [2.45, 2.75) is 24.7 Å². The van der Waals surface area contributed by atoms with Crippen molar-refractivity contribution in [1.82, 2.24) is 9.80 Å². The molecule has 38 heavy (non-hydrogen) atoms. The van der Waals surface area contributed by atoms with Crippen molar-refractivity contribution in [1.29, 1.82) is 0 Å². The molecular weight excluding hydrogens is 500 g/mol. The van der Waals surface area contributed by atoms with Gasteiger partial charge in [0, 0.05) is 34.1 Å². The van der Waals surface area contributed by atoms with Crippen LogP contribution in [0.1, 0.15) is 18.1 Å². The third-order valence-electron chi connectivity index (χ3n) is 5.61. The summed E-state index contributed by atoms with van der Waals surface area (Å²) < 4.78 is 17.0. The summed E-state index contributed by atoms with van der Waals surface area (Å²) in [7, 11) is 3.42. The minimum atomic E-state index is -1.61. The minimum Gasteiger partial charge on any atom is -0.361 e. The zero-order valence-electron chi connectivity index (χ0n) is 22.0. The summed E-state index contributed by atoms with van der Waals surface area (Å²) in [6.45, 7) is 2.51. The molecule has 3 rings (SSSR count). The summed E-state index contributed by atoms with van der Waals surface area (Å²) in [6, 6.07) is 28.7. The van der Waals surface area contributed by atoms with E-state index in [1.54, 1.807) is 48.2 Å². The van der Waals surface area contributed by atoms with Crippen molar-refractivity contribution in [2.24, 2.45) is 0 Å². The highest BCUT2D eigenvalue weighted by atomic mass is 32.2. The van der Waals surface area contributed by atoms with Crippen molar-refractivity contribution < 1.29 is 22.8 Å². The number of likely N-dealkylation sites (N-methyl/N-ethyl adjacent to an activating group) is 2. The van der Waals surface area contributed by atoms with Crippen LogP contribution in [0.3, 0.4) is 0 Å². The maximum absolute atomic E-state index is 12.0. The van der Waals surface area contributed by atoms with Crippen LogP contribution < -0.4 is 0 Å². The summed E-state index contributed by atoms with van der Waals surface area (Å²) in [6.07, 6.45) is 1.58. The van der Waals surface area contributed by atoms with Crippen molar-refractivity contribution in [3.8, 4) is 0 Å². The first-order chi connectivity index (χ1) is 18.3. The Bertz CT molecular complexity index is 1220. The van der Waals surface area contributed by atoms with Gasteiger partial charge in [0.25, 0.3) is 0 Å². The number of hydrogen-bond donors (Lipinski definition) is 0. The fourth-order valence-electron chi connectivity index (χ4n) is 3.24. The zero-order chi connectivity index (χ0) is 27.8. The summed E-state index contributed by atoms with van der Waals surface area (Å²) >= 11 is -1.61. The molecule has 0 bridgehead atoms. The molecule has 0 aromatic heterocycles. The maximum atomic E-state index is 12.0. The number of amides is 2. The molecule has 2 amide bonds. The first-order valence-corrected chi connectivity index (χ1v) is 13.2.